The molecule has 2 rings (SSSR count). The second-order valence-corrected chi connectivity index (χ2v) is 5.10. The molecule has 0 radical (unpaired) electrons. The average molecular weight is 278 g/mol. The lowest BCUT2D eigenvalue weighted by Gasteiger charge is -2.09. The highest BCUT2D eigenvalue weighted by molar-refractivity contribution is 7.09. The van der Waals surface area contributed by atoms with Crippen LogP contribution < -0.4 is 16.6 Å². The number of aromatic nitrogens is 3. The van der Waals surface area contributed by atoms with Crippen LogP contribution in [0, 0.1) is 6.92 Å². The molecule has 0 aliphatic rings. The minimum atomic E-state index is 0.627. The van der Waals surface area contributed by atoms with Gasteiger partial charge in [0.2, 0.25) is 0 Å². The Kier molecular flexibility index (Phi) is 4.64. The van der Waals surface area contributed by atoms with E-state index in [1.54, 1.807) is 17.4 Å². The molecule has 0 aliphatic heterocycles. The minimum Gasteiger partial charge on any atom is -0.365 e. The van der Waals surface area contributed by atoms with Crippen LogP contribution in [-0.4, -0.2) is 15.0 Å². The Morgan fingerprint density at radius 1 is 1.32 bits per heavy atom. The summed E-state index contributed by atoms with van der Waals surface area (Å²) in [6.07, 6.45) is 1.84. The molecule has 7 heteroatoms. The zero-order valence-corrected chi connectivity index (χ0v) is 11.9. The number of hydrazine groups is 1. The van der Waals surface area contributed by atoms with Crippen molar-refractivity contribution in [2.75, 3.05) is 10.7 Å². The monoisotopic (exact) mass is 278 g/mol. The second kappa shape index (κ2) is 6.44. The number of aryl methyl sites for hydroxylation is 2. The highest BCUT2D eigenvalue weighted by Crippen LogP contribution is 2.16. The summed E-state index contributed by atoms with van der Waals surface area (Å²) in [5.41, 5.74) is 5.47. The van der Waals surface area contributed by atoms with Crippen LogP contribution in [0.15, 0.2) is 11.6 Å². The molecule has 2 aromatic rings. The molecule has 2 aromatic heterocycles. The van der Waals surface area contributed by atoms with Crippen LogP contribution in [-0.2, 0) is 13.0 Å². The Balaban J connectivity index is 2.10. The topological polar surface area (TPSA) is 88.8 Å². The first-order valence-electron chi connectivity index (χ1n) is 6.20. The lowest BCUT2D eigenvalue weighted by atomic mass is 10.3. The molecule has 19 heavy (non-hydrogen) atoms. The smallest absolute Gasteiger partial charge is 0.145 e. The Morgan fingerprint density at radius 2 is 2.11 bits per heavy atom. The van der Waals surface area contributed by atoms with Crippen LogP contribution in [0.3, 0.4) is 0 Å². The maximum Gasteiger partial charge on any atom is 0.145 e. The predicted octanol–water partition coefficient (Wildman–Crippen LogP) is 2.09. The zero-order chi connectivity index (χ0) is 13.7. The Bertz CT molecular complexity index is 539. The molecule has 0 fully saturated rings. The van der Waals surface area contributed by atoms with Gasteiger partial charge in [0.25, 0.3) is 0 Å². The normalized spacial score (nSPS) is 10.5. The summed E-state index contributed by atoms with van der Waals surface area (Å²) >= 11 is 1.64. The molecule has 0 saturated carbocycles. The molecule has 0 spiro atoms. The van der Waals surface area contributed by atoms with Crippen LogP contribution in [0.5, 0.6) is 0 Å². The minimum absolute atomic E-state index is 0.627. The molecule has 4 N–H and O–H groups in total. The zero-order valence-electron chi connectivity index (χ0n) is 11.1. The molecule has 0 aliphatic carbocycles. The number of hydrogen-bond acceptors (Lipinski definition) is 7. The van der Waals surface area contributed by atoms with Crippen molar-refractivity contribution in [3.8, 4) is 0 Å². The lowest BCUT2D eigenvalue weighted by molar-refractivity contribution is 0.834. The van der Waals surface area contributed by atoms with E-state index in [1.807, 2.05) is 12.4 Å². The summed E-state index contributed by atoms with van der Waals surface area (Å²) < 4.78 is 0. The van der Waals surface area contributed by atoms with E-state index in [9.17, 15) is 0 Å². The molecule has 6 nitrogen and oxygen atoms in total. The number of nitrogens with one attached hydrogen (secondary N) is 2. The Labute approximate surface area is 116 Å². The van der Waals surface area contributed by atoms with Gasteiger partial charge in [-0.1, -0.05) is 6.92 Å². The number of nitrogens with zero attached hydrogens (tertiary/aromatic N) is 3. The van der Waals surface area contributed by atoms with E-state index < -0.39 is 0 Å². The van der Waals surface area contributed by atoms with E-state index in [-0.39, 0.29) is 0 Å². The first-order chi connectivity index (χ1) is 9.22. The SMILES string of the molecule is CCCc1nc(NN)cc(NCc2scnc2C)n1. The third-order valence-corrected chi connectivity index (χ3v) is 3.60. The van der Waals surface area contributed by atoms with Crippen molar-refractivity contribution in [1.29, 1.82) is 0 Å². The fourth-order valence-corrected chi connectivity index (χ4v) is 2.38. The summed E-state index contributed by atoms with van der Waals surface area (Å²) in [5.74, 6) is 7.62. The van der Waals surface area contributed by atoms with Gasteiger partial charge >= 0.3 is 0 Å². The van der Waals surface area contributed by atoms with E-state index in [0.717, 1.165) is 30.2 Å². The Morgan fingerprint density at radius 3 is 2.74 bits per heavy atom. The fourth-order valence-electron chi connectivity index (χ4n) is 1.66. The van der Waals surface area contributed by atoms with Crippen molar-refractivity contribution in [2.45, 2.75) is 33.2 Å². The van der Waals surface area contributed by atoms with Gasteiger partial charge in [-0.3, -0.25) is 0 Å². The maximum atomic E-state index is 5.42. The average Bonchev–Trinajstić information content (AvgIpc) is 2.82. The van der Waals surface area contributed by atoms with Crippen LogP contribution in [0.2, 0.25) is 0 Å². The highest BCUT2D eigenvalue weighted by Gasteiger charge is 2.05. The third kappa shape index (κ3) is 3.62. The van der Waals surface area contributed by atoms with Gasteiger partial charge in [0, 0.05) is 17.4 Å². The molecule has 0 atom stereocenters. The van der Waals surface area contributed by atoms with Crippen LogP contribution >= 0.6 is 11.3 Å². The third-order valence-electron chi connectivity index (χ3n) is 2.67. The van der Waals surface area contributed by atoms with E-state index in [1.165, 1.54) is 4.88 Å². The van der Waals surface area contributed by atoms with E-state index in [0.29, 0.717) is 12.4 Å². The number of nitrogen functional groups attached to an aromatic ring is 1. The summed E-state index contributed by atoms with van der Waals surface area (Å²) in [6.45, 7) is 4.81. The molecule has 2 heterocycles. The van der Waals surface area contributed by atoms with E-state index in [2.05, 4.69) is 32.6 Å². The van der Waals surface area contributed by atoms with Crippen LogP contribution in [0.4, 0.5) is 11.6 Å². The van der Waals surface area contributed by atoms with E-state index in [4.69, 9.17) is 5.84 Å². The molecule has 0 saturated heterocycles. The summed E-state index contributed by atoms with van der Waals surface area (Å²) in [5, 5.41) is 3.29. The first-order valence-corrected chi connectivity index (χ1v) is 7.08. The quantitative estimate of drug-likeness (QED) is 0.554. The predicted molar refractivity (Wildman–Crippen MR) is 78.0 cm³/mol. The molecular weight excluding hydrogens is 260 g/mol. The summed E-state index contributed by atoms with van der Waals surface area (Å²) in [6, 6.07) is 1.80. The van der Waals surface area contributed by atoms with E-state index >= 15 is 0 Å². The van der Waals surface area contributed by atoms with Gasteiger partial charge in [-0.2, -0.15) is 0 Å². The molecular formula is C12H18N6S. The number of thiazole rings is 1. The fraction of sp³-hybridized carbons (Fsp3) is 0.417. The molecule has 0 amide bonds. The van der Waals surface area contributed by atoms with Gasteiger partial charge in [-0.25, -0.2) is 20.8 Å². The van der Waals surface area contributed by atoms with Gasteiger partial charge < -0.3 is 10.7 Å². The van der Waals surface area contributed by atoms with Gasteiger partial charge in [0.05, 0.1) is 17.7 Å². The number of nitrogens with two attached hydrogens (primary N) is 1. The number of rotatable bonds is 6. The molecule has 0 bridgehead atoms. The molecule has 0 unspecified atom stereocenters. The van der Waals surface area contributed by atoms with Gasteiger partial charge in [0.1, 0.15) is 17.5 Å². The lowest BCUT2D eigenvalue weighted by Crippen LogP contribution is -2.12. The largest absolute Gasteiger partial charge is 0.365 e. The van der Waals surface area contributed by atoms with Crippen LogP contribution in [0.1, 0.15) is 29.7 Å². The first kappa shape index (κ1) is 13.7. The van der Waals surface area contributed by atoms with Crippen molar-refractivity contribution in [3.05, 3.63) is 28.0 Å². The van der Waals surface area contributed by atoms with Crippen molar-refractivity contribution in [2.24, 2.45) is 5.84 Å². The Hall–Kier alpha value is -1.73. The van der Waals surface area contributed by atoms with Gasteiger partial charge in [0.15, 0.2) is 0 Å². The number of anilines is 2. The standard InChI is InChI=1S/C12H18N6S/c1-3-4-10-16-11(5-12(17-10)18-13)14-6-9-8(2)15-7-19-9/h5,7H,3-4,6,13H2,1-2H3,(H2,14,16,17,18). The molecule has 0 aromatic carbocycles. The number of hydrogen-bond donors (Lipinski definition) is 3. The van der Waals surface area contributed by atoms with Crippen molar-refractivity contribution in [1.82, 2.24) is 15.0 Å². The van der Waals surface area contributed by atoms with Crippen molar-refractivity contribution < 1.29 is 0 Å². The molecule has 102 valence electrons. The maximum absolute atomic E-state index is 5.42. The summed E-state index contributed by atoms with van der Waals surface area (Å²) in [7, 11) is 0. The second-order valence-electron chi connectivity index (χ2n) is 4.16. The van der Waals surface area contributed by atoms with Gasteiger partial charge in [-0.05, 0) is 13.3 Å². The highest BCUT2D eigenvalue weighted by atomic mass is 32.1. The summed E-state index contributed by atoms with van der Waals surface area (Å²) in [4.78, 5) is 14.2. The van der Waals surface area contributed by atoms with Crippen molar-refractivity contribution in [3.63, 3.8) is 0 Å². The van der Waals surface area contributed by atoms with Crippen molar-refractivity contribution >= 4 is 23.0 Å². The van der Waals surface area contributed by atoms with Gasteiger partial charge in [-0.15, -0.1) is 11.3 Å². The van der Waals surface area contributed by atoms with Crippen LogP contribution in [0.25, 0.3) is 0 Å².